The van der Waals surface area contributed by atoms with Gasteiger partial charge in [-0.15, -0.1) is 0 Å². The maximum Gasteiger partial charge on any atom is 0.0991 e. The highest BCUT2D eigenvalue weighted by molar-refractivity contribution is 5.49. The minimum atomic E-state index is 0.334. The average Bonchev–Trinajstić information content (AvgIpc) is 2.73. The van der Waals surface area contributed by atoms with Gasteiger partial charge in [-0.2, -0.15) is 10.5 Å². The van der Waals surface area contributed by atoms with Crippen LogP contribution in [0, 0.1) is 22.7 Å². The summed E-state index contributed by atoms with van der Waals surface area (Å²) in [5.74, 6) is 0. The predicted octanol–water partition coefficient (Wildman–Crippen LogP) is 2.37. The van der Waals surface area contributed by atoms with Crippen LogP contribution in [-0.2, 0) is 0 Å². The first-order chi connectivity index (χ1) is 9.74. The standard InChI is InChI=1S/C16H20N4/c1-14(7-8-17)19-9-2-10-20(12-11-19)16-5-3-15(13-18)4-6-16/h3-6,14H,2,7,9-12H2,1H3. The van der Waals surface area contributed by atoms with Crippen LogP contribution in [0.15, 0.2) is 24.3 Å². The van der Waals surface area contributed by atoms with Gasteiger partial charge in [-0.3, -0.25) is 4.90 Å². The maximum absolute atomic E-state index is 8.83. The van der Waals surface area contributed by atoms with Crippen LogP contribution in [-0.4, -0.2) is 37.1 Å². The summed E-state index contributed by atoms with van der Waals surface area (Å²) >= 11 is 0. The van der Waals surface area contributed by atoms with E-state index in [1.807, 2.05) is 24.3 Å². The topological polar surface area (TPSA) is 54.1 Å². The second-order valence-electron chi connectivity index (χ2n) is 5.25. The van der Waals surface area contributed by atoms with Gasteiger partial charge in [0.1, 0.15) is 0 Å². The van der Waals surface area contributed by atoms with E-state index < -0.39 is 0 Å². The molecule has 1 aliphatic rings. The quantitative estimate of drug-likeness (QED) is 0.844. The molecule has 1 unspecified atom stereocenters. The van der Waals surface area contributed by atoms with Gasteiger partial charge in [-0.25, -0.2) is 0 Å². The zero-order valence-electron chi connectivity index (χ0n) is 11.9. The maximum atomic E-state index is 8.83. The first kappa shape index (κ1) is 14.4. The SMILES string of the molecule is CC(CC#N)N1CCCN(c2ccc(C#N)cc2)CC1. The van der Waals surface area contributed by atoms with Crippen LogP contribution in [0.4, 0.5) is 5.69 Å². The molecular formula is C16H20N4. The van der Waals surface area contributed by atoms with Crippen molar-refractivity contribution in [2.45, 2.75) is 25.8 Å². The van der Waals surface area contributed by atoms with Crippen LogP contribution < -0.4 is 4.90 Å². The lowest BCUT2D eigenvalue weighted by Crippen LogP contribution is -2.36. The van der Waals surface area contributed by atoms with Crippen LogP contribution in [0.1, 0.15) is 25.3 Å². The van der Waals surface area contributed by atoms with Gasteiger partial charge in [0.2, 0.25) is 0 Å². The zero-order valence-corrected chi connectivity index (χ0v) is 11.9. The highest BCUT2D eigenvalue weighted by Gasteiger charge is 2.19. The van der Waals surface area contributed by atoms with Crippen LogP contribution in [0.2, 0.25) is 0 Å². The van der Waals surface area contributed by atoms with Gasteiger partial charge in [0.25, 0.3) is 0 Å². The number of rotatable bonds is 3. The third kappa shape index (κ3) is 3.50. The van der Waals surface area contributed by atoms with E-state index in [2.05, 4.69) is 28.9 Å². The Balaban J connectivity index is 1.98. The van der Waals surface area contributed by atoms with Crippen molar-refractivity contribution in [2.24, 2.45) is 0 Å². The molecule has 20 heavy (non-hydrogen) atoms. The molecule has 1 atom stereocenters. The third-order valence-corrected chi connectivity index (χ3v) is 3.90. The number of hydrogen-bond donors (Lipinski definition) is 0. The lowest BCUT2D eigenvalue weighted by atomic mass is 10.2. The Labute approximate surface area is 120 Å². The molecule has 0 N–H and O–H groups in total. The molecule has 4 heteroatoms. The molecule has 4 nitrogen and oxygen atoms in total. The summed E-state index contributed by atoms with van der Waals surface area (Å²) in [6.07, 6.45) is 1.70. The molecule has 1 aromatic rings. The Hall–Kier alpha value is -2.04. The number of hydrogen-bond acceptors (Lipinski definition) is 4. The molecule has 1 heterocycles. The van der Waals surface area contributed by atoms with Gasteiger partial charge in [0, 0.05) is 37.9 Å². The Kier molecular flexibility index (Phi) is 4.98. The fraction of sp³-hybridized carbons (Fsp3) is 0.500. The second-order valence-corrected chi connectivity index (χ2v) is 5.25. The molecule has 1 fully saturated rings. The van der Waals surface area contributed by atoms with E-state index in [0.717, 1.165) is 32.6 Å². The summed E-state index contributed by atoms with van der Waals surface area (Å²) < 4.78 is 0. The molecule has 2 rings (SSSR count). The van der Waals surface area contributed by atoms with Crippen LogP contribution in [0.25, 0.3) is 0 Å². The van der Waals surface area contributed by atoms with Gasteiger partial charge in [0.05, 0.1) is 24.1 Å². The minimum Gasteiger partial charge on any atom is -0.370 e. The number of nitrogens with zero attached hydrogens (tertiary/aromatic N) is 4. The number of nitriles is 2. The van der Waals surface area contributed by atoms with E-state index in [4.69, 9.17) is 10.5 Å². The summed E-state index contributed by atoms with van der Waals surface area (Å²) in [5, 5.41) is 17.6. The predicted molar refractivity (Wildman–Crippen MR) is 79.3 cm³/mol. The molecule has 0 radical (unpaired) electrons. The number of benzene rings is 1. The molecule has 0 spiro atoms. The fourth-order valence-corrected chi connectivity index (χ4v) is 2.64. The average molecular weight is 268 g/mol. The smallest absolute Gasteiger partial charge is 0.0991 e. The molecular weight excluding hydrogens is 248 g/mol. The van der Waals surface area contributed by atoms with E-state index in [-0.39, 0.29) is 0 Å². The lowest BCUT2D eigenvalue weighted by Gasteiger charge is -2.26. The van der Waals surface area contributed by atoms with E-state index in [9.17, 15) is 0 Å². The van der Waals surface area contributed by atoms with E-state index in [0.29, 0.717) is 18.0 Å². The van der Waals surface area contributed by atoms with Crippen molar-refractivity contribution in [1.82, 2.24) is 4.90 Å². The van der Waals surface area contributed by atoms with Gasteiger partial charge in [-0.05, 0) is 37.6 Å². The monoisotopic (exact) mass is 268 g/mol. The van der Waals surface area contributed by atoms with Crippen molar-refractivity contribution >= 4 is 5.69 Å². The summed E-state index contributed by atoms with van der Waals surface area (Å²) in [4.78, 5) is 4.76. The Morgan fingerprint density at radius 1 is 1.10 bits per heavy atom. The van der Waals surface area contributed by atoms with Crippen LogP contribution in [0.5, 0.6) is 0 Å². The largest absolute Gasteiger partial charge is 0.370 e. The van der Waals surface area contributed by atoms with Crippen molar-refractivity contribution in [3.8, 4) is 12.1 Å². The summed E-state index contributed by atoms with van der Waals surface area (Å²) in [6.45, 7) is 6.17. The van der Waals surface area contributed by atoms with Crippen molar-refractivity contribution in [1.29, 1.82) is 10.5 Å². The van der Waals surface area contributed by atoms with Crippen molar-refractivity contribution < 1.29 is 0 Å². The molecule has 0 saturated carbocycles. The fourth-order valence-electron chi connectivity index (χ4n) is 2.64. The highest BCUT2D eigenvalue weighted by atomic mass is 15.2. The third-order valence-electron chi connectivity index (χ3n) is 3.90. The summed E-state index contributed by atoms with van der Waals surface area (Å²) in [5.41, 5.74) is 1.88. The summed E-state index contributed by atoms with van der Waals surface area (Å²) in [6, 6.07) is 12.5. The van der Waals surface area contributed by atoms with Crippen molar-refractivity contribution in [3.63, 3.8) is 0 Å². The molecule has 0 bridgehead atoms. The molecule has 1 saturated heterocycles. The van der Waals surface area contributed by atoms with Crippen molar-refractivity contribution in [3.05, 3.63) is 29.8 Å². The summed E-state index contributed by atoms with van der Waals surface area (Å²) in [7, 11) is 0. The Morgan fingerprint density at radius 3 is 2.50 bits per heavy atom. The minimum absolute atomic E-state index is 0.334. The Morgan fingerprint density at radius 2 is 1.85 bits per heavy atom. The van der Waals surface area contributed by atoms with Crippen molar-refractivity contribution in [2.75, 3.05) is 31.1 Å². The van der Waals surface area contributed by atoms with Gasteiger partial charge >= 0.3 is 0 Å². The molecule has 0 aliphatic carbocycles. The molecule has 104 valence electrons. The highest BCUT2D eigenvalue weighted by Crippen LogP contribution is 2.18. The van der Waals surface area contributed by atoms with Gasteiger partial charge in [0.15, 0.2) is 0 Å². The van der Waals surface area contributed by atoms with Crippen LogP contribution >= 0.6 is 0 Å². The first-order valence-corrected chi connectivity index (χ1v) is 7.10. The van der Waals surface area contributed by atoms with Gasteiger partial charge < -0.3 is 4.90 Å². The molecule has 1 aromatic carbocycles. The first-order valence-electron chi connectivity index (χ1n) is 7.10. The molecule has 0 aromatic heterocycles. The molecule has 1 aliphatic heterocycles. The normalized spacial score (nSPS) is 17.9. The lowest BCUT2D eigenvalue weighted by molar-refractivity contribution is 0.226. The van der Waals surface area contributed by atoms with E-state index in [1.54, 1.807) is 0 Å². The Bertz CT molecular complexity index is 509. The number of anilines is 1. The second kappa shape index (κ2) is 6.93. The van der Waals surface area contributed by atoms with Crippen LogP contribution in [0.3, 0.4) is 0 Å². The molecule has 0 amide bonds. The van der Waals surface area contributed by atoms with Gasteiger partial charge in [-0.1, -0.05) is 0 Å². The zero-order chi connectivity index (χ0) is 14.4. The van der Waals surface area contributed by atoms with E-state index in [1.165, 1.54) is 5.69 Å². The van der Waals surface area contributed by atoms with E-state index >= 15 is 0 Å².